The summed E-state index contributed by atoms with van der Waals surface area (Å²) >= 11 is 0. The van der Waals surface area contributed by atoms with Gasteiger partial charge in [-0.15, -0.1) is 0 Å². The van der Waals surface area contributed by atoms with E-state index < -0.39 is 5.54 Å². The zero-order valence-electron chi connectivity index (χ0n) is 18.7. The van der Waals surface area contributed by atoms with Crippen molar-refractivity contribution in [1.29, 1.82) is 5.26 Å². The molecule has 1 aliphatic carbocycles. The highest BCUT2D eigenvalue weighted by Crippen LogP contribution is 2.36. The normalized spacial score (nSPS) is 14.2. The first kappa shape index (κ1) is 23.0. The number of carbonyl (C=O) groups excluding carboxylic acids is 1. The van der Waals surface area contributed by atoms with E-state index in [0.29, 0.717) is 11.4 Å². The number of hydrogen-bond acceptors (Lipinski definition) is 5. The number of amides is 2. The lowest BCUT2D eigenvalue weighted by atomic mass is 9.79. The Morgan fingerprint density at radius 3 is 2.24 bits per heavy atom. The van der Waals surface area contributed by atoms with Crippen LogP contribution in [-0.2, 0) is 12.1 Å². The van der Waals surface area contributed by atoms with Crippen molar-refractivity contribution in [2.24, 2.45) is 0 Å². The fourth-order valence-corrected chi connectivity index (χ4v) is 4.13. The number of aromatic nitrogens is 2. The Kier molecular flexibility index (Phi) is 7.17. The number of aliphatic hydroxyl groups is 1. The number of benzene rings is 2. The van der Waals surface area contributed by atoms with Gasteiger partial charge < -0.3 is 15.7 Å². The highest BCUT2D eigenvalue weighted by Gasteiger charge is 2.37. The zero-order chi connectivity index (χ0) is 23.8. The first-order valence-corrected chi connectivity index (χ1v) is 11.2. The first-order chi connectivity index (χ1) is 16.6. The van der Waals surface area contributed by atoms with E-state index in [1.807, 2.05) is 54.6 Å². The van der Waals surface area contributed by atoms with Crippen LogP contribution in [0.5, 0.6) is 0 Å². The molecule has 1 saturated carbocycles. The molecule has 1 aromatic heterocycles. The number of urea groups is 1. The van der Waals surface area contributed by atoms with Crippen LogP contribution in [0.2, 0.25) is 0 Å². The van der Waals surface area contributed by atoms with Crippen LogP contribution in [0.15, 0.2) is 60.8 Å². The number of aliphatic hydroxyl groups excluding tert-OH is 1. The Morgan fingerprint density at radius 2 is 1.62 bits per heavy atom. The Labute approximate surface area is 198 Å². The third-order valence-electron chi connectivity index (χ3n) is 5.94. The Morgan fingerprint density at radius 1 is 0.971 bits per heavy atom. The van der Waals surface area contributed by atoms with Gasteiger partial charge in [-0.1, -0.05) is 43.2 Å². The number of anilines is 1. The molecular weight excluding hydrogens is 426 g/mol. The van der Waals surface area contributed by atoms with Gasteiger partial charge in [-0.2, -0.15) is 5.26 Å². The molecule has 0 aliphatic heterocycles. The van der Waals surface area contributed by atoms with Crippen molar-refractivity contribution in [3.8, 4) is 17.9 Å². The van der Waals surface area contributed by atoms with Crippen LogP contribution < -0.4 is 10.6 Å². The fourth-order valence-electron chi connectivity index (χ4n) is 4.13. The number of hydrogen-bond donors (Lipinski definition) is 3. The highest BCUT2D eigenvalue weighted by molar-refractivity contribution is 5.90. The molecule has 0 radical (unpaired) electrons. The predicted molar refractivity (Wildman–Crippen MR) is 128 cm³/mol. The number of rotatable bonds is 4. The molecule has 4 rings (SSSR count). The van der Waals surface area contributed by atoms with E-state index in [1.165, 1.54) is 0 Å². The van der Waals surface area contributed by atoms with E-state index in [-0.39, 0.29) is 18.5 Å². The summed E-state index contributed by atoms with van der Waals surface area (Å²) in [5, 5.41) is 24.3. The van der Waals surface area contributed by atoms with Gasteiger partial charge in [0.2, 0.25) is 5.82 Å². The minimum atomic E-state index is -0.617. The molecule has 1 aliphatic rings. The third-order valence-corrected chi connectivity index (χ3v) is 5.94. The molecule has 7 heteroatoms. The lowest BCUT2D eigenvalue weighted by molar-refractivity contribution is 0.209. The summed E-state index contributed by atoms with van der Waals surface area (Å²) in [5.74, 6) is 6.30. The van der Waals surface area contributed by atoms with Crippen LogP contribution in [0, 0.1) is 23.2 Å². The molecule has 3 N–H and O–H groups in total. The zero-order valence-corrected chi connectivity index (χ0v) is 18.7. The highest BCUT2D eigenvalue weighted by atomic mass is 16.3. The van der Waals surface area contributed by atoms with E-state index in [2.05, 4.69) is 32.4 Å². The maximum absolute atomic E-state index is 12.9. The van der Waals surface area contributed by atoms with Crippen molar-refractivity contribution < 1.29 is 9.90 Å². The van der Waals surface area contributed by atoms with Crippen LogP contribution in [0.4, 0.5) is 10.5 Å². The fraction of sp³-hybridized carbons (Fsp3) is 0.259. The Bertz CT molecular complexity index is 1250. The lowest BCUT2D eigenvalue weighted by Gasteiger charge is -2.37. The summed E-state index contributed by atoms with van der Waals surface area (Å²) in [6.07, 6.45) is 6.14. The van der Waals surface area contributed by atoms with Gasteiger partial charge in [0.1, 0.15) is 6.07 Å². The van der Waals surface area contributed by atoms with E-state index in [0.717, 1.165) is 48.8 Å². The van der Waals surface area contributed by atoms with Crippen LogP contribution in [-0.4, -0.2) is 21.1 Å². The van der Waals surface area contributed by atoms with Gasteiger partial charge in [0, 0.05) is 23.0 Å². The summed E-state index contributed by atoms with van der Waals surface area (Å²) in [6.45, 7) is 0.0108. The SMILES string of the molecule is N#Cc1nccc(C2(NC(=O)Nc3ccc(C#Cc4ccc(CO)cc4)cc3)CCCCC2)n1. The van der Waals surface area contributed by atoms with Gasteiger partial charge in [-0.3, -0.25) is 0 Å². The summed E-state index contributed by atoms with van der Waals surface area (Å²) in [6, 6.07) is 18.2. The smallest absolute Gasteiger partial charge is 0.319 e. The molecule has 0 unspecified atom stereocenters. The van der Waals surface area contributed by atoms with Gasteiger partial charge in [-0.25, -0.2) is 14.8 Å². The van der Waals surface area contributed by atoms with Crippen LogP contribution in [0.25, 0.3) is 0 Å². The average Bonchev–Trinajstić information content (AvgIpc) is 2.89. The van der Waals surface area contributed by atoms with E-state index in [9.17, 15) is 10.1 Å². The Hall–Kier alpha value is -4.20. The number of nitrogens with zero attached hydrogens (tertiary/aromatic N) is 3. The number of carbonyl (C=O) groups is 1. The summed E-state index contributed by atoms with van der Waals surface area (Å²) < 4.78 is 0. The molecular formula is C27H25N5O2. The van der Waals surface area contributed by atoms with E-state index in [4.69, 9.17) is 5.11 Å². The van der Waals surface area contributed by atoms with E-state index >= 15 is 0 Å². The maximum atomic E-state index is 12.9. The minimum Gasteiger partial charge on any atom is -0.392 e. The average molecular weight is 452 g/mol. The molecule has 1 fully saturated rings. The molecule has 2 aromatic carbocycles. The monoisotopic (exact) mass is 451 g/mol. The molecule has 170 valence electrons. The Balaban J connectivity index is 1.43. The van der Waals surface area contributed by atoms with E-state index in [1.54, 1.807) is 12.3 Å². The lowest BCUT2D eigenvalue weighted by Crippen LogP contribution is -2.49. The van der Waals surface area contributed by atoms with Gasteiger partial charge in [0.05, 0.1) is 17.8 Å². The van der Waals surface area contributed by atoms with Gasteiger partial charge >= 0.3 is 6.03 Å². The molecule has 0 saturated heterocycles. The molecule has 34 heavy (non-hydrogen) atoms. The van der Waals surface area contributed by atoms with Crippen molar-refractivity contribution >= 4 is 11.7 Å². The molecule has 1 heterocycles. The molecule has 0 bridgehead atoms. The van der Waals surface area contributed by atoms with Gasteiger partial charge in [0.15, 0.2) is 0 Å². The minimum absolute atomic E-state index is 0.0108. The number of nitriles is 1. The second-order valence-corrected chi connectivity index (χ2v) is 8.28. The molecule has 7 nitrogen and oxygen atoms in total. The second-order valence-electron chi connectivity index (χ2n) is 8.28. The second kappa shape index (κ2) is 10.6. The van der Waals surface area contributed by atoms with Crippen LogP contribution in [0.3, 0.4) is 0 Å². The number of nitrogens with one attached hydrogen (secondary N) is 2. The summed E-state index contributed by atoms with van der Waals surface area (Å²) in [4.78, 5) is 21.2. The van der Waals surface area contributed by atoms with Gasteiger partial charge in [0.25, 0.3) is 0 Å². The molecule has 0 spiro atoms. The van der Waals surface area contributed by atoms with Crippen molar-refractivity contribution in [2.45, 2.75) is 44.2 Å². The summed E-state index contributed by atoms with van der Waals surface area (Å²) in [7, 11) is 0. The van der Waals surface area contributed by atoms with Crippen molar-refractivity contribution in [3.63, 3.8) is 0 Å². The molecule has 0 atom stereocenters. The molecule has 3 aromatic rings. The van der Waals surface area contributed by atoms with Crippen molar-refractivity contribution in [2.75, 3.05) is 5.32 Å². The van der Waals surface area contributed by atoms with Crippen molar-refractivity contribution in [1.82, 2.24) is 15.3 Å². The van der Waals surface area contributed by atoms with Crippen LogP contribution in [0.1, 0.15) is 60.3 Å². The molecule has 2 amide bonds. The standard InChI is InChI=1S/C27H25N5O2/c28-18-25-29-17-14-24(31-25)27(15-2-1-3-16-27)32-26(34)30-23-12-10-21(11-13-23)5-4-20-6-8-22(19-33)9-7-20/h6-14,17,33H,1-3,15-16,19H2,(H2,30,32,34). The quantitative estimate of drug-likeness (QED) is 0.514. The van der Waals surface area contributed by atoms with Gasteiger partial charge in [-0.05, 0) is 60.9 Å². The summed E-state index contributed by atoms with van der Waals surface area (Å²) in [5.41, 5.74) is 3.24. The largest absolute Gasteiger partial charge is 0.392 e. The predicted octanol–water partition coefficient (Wildman–Crippen LogP) is 4.22. The maximum Gasteiger partial charge on any atom is 0.319 e. The van der Waals surface area contributed by atoms with Crippen LogP contribution >= 0.6 is 0 Å². The first-order valence-electron chi connectivity index (χ1n) is 11.2. The van der Waals surface area contributed by atoms with Crippen molar-refractivity contribution in [3.05, 3.63) is 89.0 Å². The topological polar surface area (TPSA) is 111 Å². The third kappa shape index (κ3) is 5.58.